The van der Waals surface area contributed by atoms with E-state index < -0.39 is 48.4 Å². The molecule has 26 heavy (non-hydrogen) atoms. The first-order valence-corrected chi connectivity index (χ1v) is 7.82. The summed E-state index contributed by atoms with van der Waals surface area (Å²) in [5.74, 6) is -3.53. The van der Waals surface area contributed by atoms with Gasteiger partial charge in [-0.3, -0.25) is 14.4 Å². The van der Waals surface area contributed by atoms with Gasteiger partial charge in [0, 0.05) is 33.6 Å². The molecule has 0 aromatic rings. The van der Waals surface area contributed by atoms with Gasteiger partial charge in [-0.2, -0.15) is 0 Å². The first kappa shape index (κ1) is 21.5. The molecule has 0 amide bonds. The van der Waals surface area contributed by atoms with Crippen LogP contribution in [0.25, 0.3) is 0 Å². The SMILES string of the molecule is CC(=O)OC[C@H](OC(C)=O)[C@H](OC(C)=O)C(=O)OC1(N=O)CCOCC1. The van der Waals surface area contributed by atoms with Gasteiger partial charge in [-0.15, -0.1) is 4.91 Å². The van der Waals surface area contributed by atoms with Crippen LogP contribution in [0, 0.1) is 4.91 Å². The molecule has 1 rings (SSSR count). The van der Waals surface area contributed by atoms with Crippen LogP contribution in [0.15, 0.2) is 5.18 Å². The second kappa shape index (κ2) is 9.80. The maximum Gasteiger partial charge on any atom is 0.353 e. The van der Waals surface area contributed by atoms with Crippen molar-refractivity contribution in [3.63, 3.8) is 0 Å². The third kappa shape index (κ3) is 6.75. The lowest BCUT2D eigenvalue weighted by Crippen LogP contribution is -2.48. The summed E-state index contributed by atoms with van der Waals surface area (Å²) < 4.78 is 24.8. The van der Waals surface area contributed by atoms with Crippen molar-refractivity contribution in [1.29, 1.82) is 0 Å². The van der Waals surface area contributed by atoms with Crippen molar-refractivity contribution in [2.45, 2.75) is 51.5 Å². The lowest BCUT2D eigenvalue weighted by molar-refractivity contribution is -0.198. The van der Waals surface area contributed by atoms with E-state index in [1.54, 1.807) is 0 Å². The van der Waals surface area contributed by atoms with Crippen molar-refractivity contribution in [1.82, 2.24) is 0 Å². The van der Waals surface area contributed by atoms with Crippen molar-refractivity contribution in [2.24, 2.45) is 5.18 Å². The summed E-state index contributed by atoms with van der Waals surface area (Å²) in [7, 11) is 0. The molecular weight excluding hydrogens is 354 g/mol. The predicted molar refractivity (Wildman–Crippen MR) is 82.4 cm³/mol. The van der Waals surface area contributed by atoms with Gasteiger partial charge < -0.3 is 23.7 Å². The number of hydrogen-bond donors (Lipinski definition) is 0. The minimum atomic E-state index is -1.74. The van der Waals surface area contributed by atoms with Crippen LogP contribution >= 0.6 is 0 Å². The minimum Gasteiger partial charge on any atom is -0.462 e. The summed E-state index contributed by atoms with van der Waals surface area (Å²) in [4.78, 5) is 57.3. The van der Waals surface area contributed by atoms with Crippen LogP contribution in [-0.4, -0.2) is 61.6 Å². The zero-order valence-corrected chi connectivity index (χ0v) is 14.7. The van der Waals surface area contributed by atoms with E-state index in [1.165, 1.54) is 0 Å². The van der Waals surface area contributed by atoms with Crippen LogP contribution in [0.2, 0.25) is 0 Å². The molecule has 0 radical (unpaired) electrons. The van der Waals surface area contributed by atoms with E-state index in [0.29, 0.717) is 0 Å². The van der Waals surface area contributed by atoms with E-state index in [-0.39, 0.29) is 26.1 Å². The van der Waals surface area contributed by atoms with Crippen LogP contribution in [0.1, 0.15) is 33.6 Å². The van der Waals surface area contributed by atoms with Gasteiger partial charge in [0.05, 0.1) is 13.2 Å². The zero-order valence-electron chi connectivity index (χ0n) is 14.7. The van der Waals surface area contributed by atoms with Gasteiger partial charge >= 0.3 is 23.9 Å². The fourth-order valence-corrected chi connectivity index (χ4v) is 2.20. The average Bonchev–Trinajstić information content (AvgIpc) is 2.56. The fraction of sp³-hybridized carbons (Fsp3) is 0.733. The first-order chi connectivity index (χ1) is 12.2. The van der Waals surface area contributed by atoms with Crippen LogP contribution in [0.4, 0.5) is 0 Å². The Labute approximate surface area is 149 Å². The number of rotatable bonds is 8. The van der Waals surface area contributed by atoms with Crippen LogP contribution in [0.3, 0.4) is 0 Å². The van der Waals surface area contributed by atoms with E-state index in [0.717, 1.165) is 20.8 Å². The normalized spacial score (nSPS) is 18.0. The van der Waals surface area contributed by atoms with Crippen LogP contribution < -0.4 is 0 Å². The maximum absolute atomic E-state index is 12.5. The molecular formula is C15H21NO10. The summed E-state index contributed by atoms with van der Waals surface area (Å²) in [5, 5.41) is 2.87. The van der Waals surface area contributed by atoms with Crippen molar-refractivity contribution >= 4 is 23.9 Å². The van der Waals surface area contributed by atoms with E-state index >= 15 is 0 Å². The second-order valence-electron chi connectivity index (χ2n) is 5.55. The lowest BCUT2D eigenvalue weighted by Gasteiger charge is -2.32. The molecule has 0 aromatic carbocycles. The zero-order chi connectivity index (χ0) is 19.7. The largest absolute Gasteiger partial charge is 0.462 e. The summed E-state index contributed by atoms with van der Waals surface area (Å²) in [6, 6.07) is 0. The van der Waals surface area contributed by atoms with Crippen molar-refractivity contribution < 1.29 is 42.9 Å². The Balaban J connectivity index is 3.00. The van der Waals surface area contributed by atoms with Crippen LogP contribution in [0.5, 0.6) is 0 Å². The summed E-state index contributed by atoms with van der Waals surface area (Å²) in [6.07, 6.45) is -3.14. The third-order valence-electron chi connectivity index (χ3n) is 3.36. The third-order valence-corrected chi connectivity index (χ3v) is 3.36. The lowest BCUT2D eigenvalue weighted by atomic mass is 10.1. The number of nitrogens with zero attached hydrogens (tertiary/aromatic N) is 1. The molecule has 0 unspecified atom stereocenters. The number of carbonyl (C=O) groups excluding carboxylic acids is 4. The monoisotopic (exact) mass is 375 g/mol. The number of hydrogen-bond acceptors (Lipinski definition) is 11. The Hall–Kier alpha value is -2.56. The molecule has 0 aliphatic carbocycles. The Morgan fingerprint density at radius 3 is 2.04 bits per heavy atom. The number of nitroso groups, excluding NO2 is 1. The molecule has 0 aromatic heterocycles. The molecule has 1 fully saturated rings. The number of esters is 4. The Kier molecular flexibility index (Phi) is 8.10. The molecule has 1 saturated heterocycles. The van der Waals surface area contributed by atoms with Gasteiger partial charge in [0.25, 0.3) is 0 Å². The molecule has 0 N–H and O–H groups in total. The Bertz CT molecular complexity index is 555. The van der Waals surface area contributed by atoms with Gasteiger partial charge in [0.15, 0.2) is 6.10 Å². The minimum absolute atomic E-state index is 0.0250. The molecule has 0 saturated carbocycles. The second-order valence-corrected chi connectivity index (χ2v) is 5.55. The van der Waals surface area contributed by atoms with Crippen molar-refractivity contribution in [3.8, 4) is 0 Å². The van der Waals surface area contributed by atoms with E-state index in [9.17, 15) is 24.1 Å². The quantitative estimate of drug-likeness (QED) is 0.328. The van der Waals surface area contributed by atoms with E-state index in [1.807, 2.05) is 0 Å². The maximum atomic E-state index is 12.5. The molecule has 1 aliphatic rings. The number of ether oxygens (including phenoxy) is 5. The number of carbonyl (C=O) groups is 4. The molecule has 11 heteroatoms. The van der Waals surface area contributed by atoms with Crippen molar-refractivity contribution in [3.05, 3.63) is 4.91 Å². The van der Waals surface area contributed by atoms with E-state index in [4.69, 9.17) is 23.7 Å². The van der Waals surface area contributed by atoms with Crippen LogP contribution in [-0.2, 0) is 42.9 Å². The van der Waals surface area contributed by atoms with Gasteiger partial charge in [-0.25, -0.2) is 4.79 Å². The molecule has 0 spiro atoms. The highest BCUT2D eigenvalue weighted by Gasteiger charge is 2.44. The Morgan fingerprint density at radius 1 is 1.00 bits per heavy atom. The predicted octanol–water partition coefficient (Wildman–Crippen LogP) is 0.229. The van der Waals surface area contributed by atoms with Gasteiger partial charge in [0.1, 0.15) is 6.61 Å². The highest BCUT2D eigenvalue weighted by molar-refractivity contribution is 5.80. The Morgan fingerprint density at radius 2 is 1.58 bits per heavy atom. The topological polar surface area (TPSA) is 144 Å². The average molecular weight is 375 g/mol. The van der Waals surface area contributed by atoms with Gasteiger partial charge in [-0.05, 0) is 5.18 Å². The molecule has 1 heterocycles. The smallest absolute Gasteiger partial charge is 0.353 e. The standard InChI is InChI=1S/C15H21NO10/c1-9(17)23-8-12(24-10(2)18)13(25-11(3)19)14(20)26-15(16-21)4-6-22-7-5-15/h12-13H,4-8H2,1-3H3/t12-,13-/m0/s1. The summed E-state index contributed by atoms with van der Waals surface area (Å²) >= 11 is 0. The fourth-order valence-electron chi connectivity index (χ4n) is 2.20. The summed E-state index contributed by atoms with van der Waals surface area (Å²) in [5.41, 5.74) is -1.67. The molecule has 1 aliphatic heterocycles. The first-order valence-electron chi connectivity index (χ1n) is 7.82. The van der Waals surface area contributed by atoms with Gasteiger partial charge in [0.2, 0.25) is 11.8 Å². The summed E-state index contributed by atoms with van der Waals surface area (Å²) in [6.45, 7) is 2.95. The highest BCUT2D eigenvalue weighted by atomic mass is 16.6. The molecule has 2 atom stereocenters. The highest BCUT2D eigenvalue weighted by Crippen LogP contribution is 2.28. The molecule has 146 valence electrons. The molecule has 0 bridgehead atoms. The van der Waals surface area contributed by atoms with Crippen molar-refractivity contribution in [2.75, 3.05) is 19.8 Å². The molecule has 11 nitrogen and oxygen atoms in total. The van der Waals surface area contributed by atoms with E-state index in [2.05, 4.69) is 5.18 Å². The van der Waals surface area contributed by atoms with Gasteiger partial charge in [-0.1, -0.05) is 0 Å².